The second kappa shape index (κ2) is 5.05. The van der Waals surface area contributed by atoms with E-state index < -0.39 is 0 Å². The van der Waals surface area contributed by atoms with Gasteiger partial charge in [0.05, 0.1) is 6.42 Å². The molecule has 1 aliphatic rings. The smallest absolute Gasteiger partial charge is 0.255 e. The minimum absolute atomic E-state index is 0.0113. The zero-order chi connectivity index (χ0) is 15.0. The van der Waals surface area contributed by atoms with E-state index in [0.717, 1.165) is 22.4 Å². The van der Waals surface area contributed by atoms with E-state index in [1.807, 2.05) is 44.2 Å². The predicted octanol–water partition coefficient (Wildman–Crippen LogP) is 3.05. The van der Waals surface area contributed by atoms with Crippen molar-refractivity contribution in [3.8, 4) is 0 Å². The van der Waals surface area contributed by atoms with Crippen LogP contribution in [0.5, 0.6) is 0 Å². The zero-order valence-electron chi connectivity index (χ0n) is 12.0. The number of hydrogen-bond donors (Lipinski definition) is 2. The van der Waals surface area contributed by atoms with Gasteiger partial charge >= 0.3 is 0 Å². The van der Waals surface area contributed by atoms with Gasteiger partial charge in [0, 0.05) is 16.9 Å². The number of aryl methyl sites for hydroxylation is 2. The number of fused-ring (bicyclic) bond motifs is 1. The van der Waals surface area contributed by atoms with Crippen LogP contribution in [0.1, 0.15) is 27.0 Å². The molecule has 2 aromatic carbocycles. The molecule has 0 aromatic heterocycles. The molecular formula is C17H16N2O2. The first-order chi connectivity index (χ1) is 10.0. The first kappa shape index (κ1) is 13.4. The summed E-state index contributed by atoms with van der Waals surface area (Å²) >= 11 is 0. The molecule has 1 aliphatic heterocycles. The Hall–Kier alpha value is -2.62. The largest absolute Gasteiger partial charge is 0.326 e. The van der Waals surface area contributed by atoms with Crippen LogP contribution < -0.4 is 10.6 Å². The molecule has 106 valence electrons. The summed E-state index contributed by atoms with van der Waals surface area (Å²) in [6, 6.07) is 11.2. The molecule has 21 heavy (non-hydrogen) atoms. The maximum absolute atomic E-state index is 12.3. The van der Waals surface area contributed by atoms with E-state index in [0.29, 0.717) is 17.7 Å². The highest BCUT2D eigenvalue weighted by molar-refractivity contribution is 6.05. The molecular weight excluding hydrogens is 264 g/mol. The van der Waals surface area contributed by atoms with E-state index >= 15 is 0 Å². The van der Waals surface area contributed by atoms with Crippen molar-refractivity contribution < 1.29 is 9.59 Å². The van der Waals surface area contributed by atoms with Gasteiger partial charge in [-0.2, -0.15) is 0 Å². The SMILES string of the molecule is Cc1cc(C)cc(C(=O)Nc2ccc3c(c2)CC(=O)N3)c1. The zero-order valence-corrected chi connectivity index (χ0v) is 12.0. The third-order valence-electron chi connectivity index (χ3n) is 3.47. The Bertz CT molecular complexity index is 730. The lowest BCUT2D eigenvalue weighted by molar-refractivity contribution is -0.115. The molecule has 0 spiro atoms. The van der Waals surface area contributed by atoms with E-state index in [1.165, 1.54) is 0 Å². The molecule has 2 aromatic rings. The van der Waals surface area contributed by atoms with Crippen LogP contribution in [0.4, 0.5) is 11.4 Å². The Morgan fingerprint density at radius 2 is 1.81 bits per heavy atom. The van der Waals surface area contributed by atoms with E-state index in [-0.39, 0.29) is 11.8 Å². The van der Waals surface area contributed by atoms with Crippen molar-refractivity contribution >= 4 is 23.2 Å². The fraction of sp³-hybridized carbons (Fsp3) is 0.176. The van der Waals surface area contributed by atoms with E-state index in [9.17, 15) is 9.59 Å². The molecule has 3 rings (SSSR count). The number of benzene rings is 2. The maximum atomic E-state index is 12.3. The number of nitrogens with one attached hydrogen (secondary N) is 2. The van der Waals surface area contributed by atoms with Crippen LogP contribution in [0.2, 0.25) is 0 Å². The van der Waals surface area contributed by atoms with Crippen molar-refractivity contribution in [2.45, 2.75) is 20.3 Å². The first-order valence-electron chi connectivity index (χ1n) is 6.84. The Balaban J connectivity index is 1.82. The summed E-state index contributed by atoms with van der Waals surface area (Å²) in [5, 5.41) is 5.65. The van der Waals surface area contributed by atoms with E-state index in [1.54, 1.807) is 6.07 Å². The minimum atomic E-state index is -0.140. The quantitative estimate of drug-likeness (QED) is 0.888. The molecule has 2 N–H and O–H groups in total. The molecule has 1 heterocycles. The molecule has 0 aliphatic carbocycles. The van der Waals surface area contributed by atoms with Crippen LogP contribution in [0.15, 0.2) is 36.4 Å². The first-order valence-corrected chi connectivity index (χ1v) is 6.84. The number of carbonyl (C=O) groups is 2. The van der Waals surface area contributed by atoms with Gasteiger partial charge in [0.15, 0.2) is 0 Å². The number of hydrogen-bond acceptors (Lipinski definition) is 2. The molecule has 4 nitrogen and oxygen atoms in total. The third kappa shape index (κ3) is 2.79. The van der Waals surface area contributed by atoms with Crippen LogP contribution >= 0.6 is 0 Å². The monoisotopic (exact) mass is 280 g/mol. The van der Waals surface area contributed by atoms with Crippen LogP contribution in [-0.2, 0) is 11.2 Å². The van der Waals surface area contributed by atoms with Gasteiger partial charge in [-0.25, -0.2) is 0 Å². The van der Waals surface area contributed by atoms with Crippen molar-refractivity contribution in [3.05, 3.63) is 58.7 Å². The van der Waals surface area contributed by atoms with Crippen molar-refractivity contribution in [1.29, 1.82) is 0 Å². The lowest BCUT2D eigenvalue weighted by Gasteiger charge is -2.08. The standard InChI is InChI=1S/C17H16N2O2/c1-10-5-11(2)7-13(6-10)17(21)18-14-3-4-15-12(8-14)9-16(20)19-15/h3-8H,9H2,1-2H3,(H,18,21)(H,19,20). The highest BCUT2D eigenvalue weighted by Crippen LogP contribution is 2.26. The minimum Gasteiger partial charge on any atom is -0.326 e. The summed E-state index contributed by atoms with van der Waals surface area (Å²) in [6.45, 7) is 3.94. The maximum Gasteiger partial charge on any atom is 0.255 e. The molecule has 0 unspecified atom stereocenters. The predicted molar refractivity (Wildman–Crippen MR) is 82.6 cm³/mol. The highest BCUT2D eigenvalue weighted by Gasteiger charge is 2.18. The van der Waals surface area contributed by atoms with Gasteiger partial charge in [-0.15, -0.1) is 0 Å². The van der Waals surface area contributed by atoms with Crippen LogP contribution in [-0.4, -0.2) is 11.8 Å². The van der Waals surface area contributed by atoms with Gasteiger partial charge < -0.3 is 10.6 Å². The summed E-state index contributed by atoms with van der Waals surface area (Å²) in [5.74, 6) is -0.151. The highest BCUT2D eigenvalue weighted by atomic mass is 16.2. The molecule has 0 atom stereocenters. The van der Waals surface area contributed by atoms with Crippen molar-refractivity contribution in [2.24, 2.45) is 0 Å². The number of amides is 2. The van der Waals surface area contributed by atoms with Gasteiger partial charge in [0.25, 0.3) is 5.91 Å². The molecule has 0 bridgehead atoms. The number of rotatable bonds is 2. The van der Waals surface area contributed by atoms with Gasteiger partial charge in [-0.3, -0.25) is 9.59 Å². The Morgan fingerprint density at radius 1 is 1.10 bits per heavy atom. The fourth-order valence-corrected chi connectivity index (χ4v) is 2.62. The lowest BCUT2D eigenvalue weighted by Crippen LogP contribution is -2.12. The molecule has 0 saturated heterocycles. The number of anilines is 2. The average molecular weight is 280 g/mol. The summed E-state index contributed by atoms with van der Waals surface area (Å²) in [6.07, 6.45) is 0.364. The topological polar surface area (TPSA) is 58.2 Å². The van der Waals surface area contributed by atoms with Gasteiger partial charge in [-0.05, 0) is 49.7 Å². The van der Waals surface area contributed by atoms with Gasteiger partial charge in [0.1, 0.15) is 0 Å². The third-order valence-corrected chi connectivity index (χ3v) is 3.47. The van der Waals surface area contributed by atoms with Crippen molar-refractivity contribution in [3.63, 3.8) is 0 Å². The number of carbonyl (C=O) groups excluding carboxylic acids is 2. The molecule has 0 saturated carbocycles. The van der Waals surface area contributed by atoms with Crippen LogP contribution in [0.3, 0.4) is 0 Å². The van der Waals surface area contributed by atoms with Crippen molar-refractivity contribution in [1.82, 2.24) is 0 Å². The molecule has 0 radical (unpaired) electrons. The summed E-state index contributed by atoms with van der Waals surface area (Å²) in [7, 11) is 0. The second-order valence-electron chi connectivity index (χ2n) is 5.43. The van der Waals surface area contributed by atoms with Gasteiger partial charge in [-0.1, -0.05) is 17.2 Å². The molecule has 0 fully saturated rings. The Kier molecular flexibility index (Phi) is 3.22. The summed E-state index contributed by atoms with van der Waals surface area (Å²) in [4.78, 5) is 23.6. The molecule has 2 amide bonds. The van der Waals surface area contributed by atoms with E-state index in [4.69, 9.17) is 0 Å². The fourth-order valence-electron chi connectivity index (χ4n) is 2.62. The van der Waals surface area contributed by atoms with Crippen molar-refractivity contribution in [2.75, 3.05) is 10.6 Å². The second-order valence-corrected chi connectivity index (χ2v) is 5.43. The van der Waals surface area contributed by atoms with E-state index in [2.05, 4.69) is 10.6 Å². The molecule has 4 heteroatoms. The normalized spacial score (nSPS) is 12.8. The van der Waals surface area contributed by atoms with Crippen LogP contribution in [0, 0.1) is 13.8 Å². The van der Waals surface area contributed by atoms with Gasteiger partial charge in [0.2, 0.25) is 5.91 Å². The summed E-state index contributed by atoms with van der Waals surface area (Å²) < 4.78 is 0. The Morgan fingerprint density at radius 3 is 2.52 bits per heavy atom. The summed E-state index contributed by atoms with van der Waals surface area (Å²) in [5.41, 5.74) is 5.20. The Labute approximate surface area is 123 Å². The van der Waals surface area contributed by atoms with Crippen LogP contribution in [0.25, 0.3) is 0 Å². The lowest BCUT2D eigenvalue weighted by atomic mass is 10.1. The average Bonchev–Trinajstić information content (AvgIpc) is 2.77.